The van der Waals surface area contributed by atoms with Crippen molar-refractivity contribution in [3.8, 4) is 5.69 Å². The van der Waals surface area contributed by atoms with Gasteiger partial charge in [-0.3, -0.25) is 0 Å². The number of hydrogen-bond acceptors (Lipinski definition) is 2. The van der Waals surface area contributed by atoms with Crippen molar-refractivity contribution in [1.82, 2.24) is 14.7 Å². The van der Waals surface area contributed by atoms with Gasteiger partial charge in [-0.1, -0.05) is 6.42 Å². The molecule has 0 atom stereocenters. The zero-order valence-corrected chi connectivity index (χ0v) is 15.3. The Morgan fingerprint density at radius 2 is 1.68 bits per heavy atom. The minimum Gasteiger partial charge on any atom is -0.301 e. The van der Waals surface area contributed by atoms with E-state index in [1.807, 2.05) is 16.8 Å². The number of piperidine rings is 1. The van der Waals surface area contributed by atoms with Gasteiger partial charge in [0.2, 0.25) is 0 Å². The summed E-state index contributed by atoms with van der Waals surface area (Å²) in [5.41, 5.74) is 3.70. The molecule has 1 aromatic carbocycles. The van der Waals surface area contributed by atoms with E-state index in [0.717, 1.165) is 5.69 Å². The standard InChI is InChI=1S/C21H28FN3/c1-15(2)24-12-10-16(11-13-24)20-14-25(19-8-6-18(22)7-9-19)23-21(20)17-4-3-5-17/h6-9,14-17H,3-5,10-13H2,1-2H3. The molecule has 2 heterocycles. The first-order chi connectivity index (χ1) is 12.1. The van der Waals surface area contributed by atoms with Crippen molar-refractivity contribution in [3.63, 3.8) is 0 Å². The molecule has 1 aromatic heterocycles. The van der Waals surface area contributed by atoms with Gasteiger partial charge in [0.15, 0.2) is 0 Å². The van der Waals surface area contributed by atoms with Gasteiger partial charge in [-0.25, -0.2) is 9.07 Å². The van der Waals surface area contributed by atoms with E-state index in [9.17, 15) is 4.39 Å². The fraction of sp³-hybridized carbons (Fsp3) is 0.571. The average molecular weight is 341 g/mol. The monoisotopic (exact) mass is 341 g/mol. The Kier molecular flexibility index (Phi) is 4.63. The summed E-state index contributed by atoms with van der Waals surface area (Å²) < 4.78 is 15.2. The maximum Gasteiger partial charge on any atom is 0.123 e. The van der Waals surface area contributed by atoms with E-state index in [4.69, 9.17) is 5.10 Å². The Bertz CT molecular complexity index is 707. The molecular weight excluding hydrogens is 313 g/mol. The summed E-state index contributed by atoms with van der Waals surface area (Å²) in [5.74, 6) is 1.04. The third-order valence-electron chi connectivity index (χ3n) is 6.06. The normalized spacial score (nSPS) is 20.2. The van der Waals surface area contributed by atoms with Gasteiger partial charge in [0.25, 0.3) is 0 Å². The second kappa shape index (κ2) is 6.91. The number of aromatic nitrogens is 2. The Hall–Kier alpha value is -1.68. The predicted molar refractivity (Wildman–Crippen MR) is 98.8 cm³/mol. The van der Waals surface area contributed by atoms with E-state index < -0.39 is 0 Å². The first-order valence-corrected chi connectivity index (χ1v) is 9.71. The summed E-state index contributed by atoms with van der Waals surface area (Å²) in [5, 5.41) is 4.94. The van der Waals surface area contributed by atoms with Crippen LogP contribution in [0.2, 0.25) is 0 Å². The van der Waals surface area contributed by atoms with Crippen LogP contribution in [0.4, 0.5) is 4.39 Å². The summed E-state index contributed by atoms with van der Waals surface area (Å²) in [6.07, 6.45) is 8.49. The summed E-state index contributed by atoms with van der Waals surface area (Å²) in [4.78, 5) is 2.57. The van der Waals surface area contributed by atoms with Crippen molar-refractivity contribution < 1.29 is 4.39 Å². The molecule has 1 saturated carbocycles. The molecule has 0 spiro atoms. The summed E-state index contributed by atoms with van der Waals surface area (Å²) >= 11 is 0. The molecule has 2 aliphatic rings. The van der Waals surface area contributed by atoms with Crippen LogP contribution >= 0.6 is 0 Å². The lowest BCUT2D eigenvalue weighted by Crippen LogP contribution is -2.38. The molecule has 0 N–H and O–H groups in total. The van der Waals surface area contributed by atoms with Gasteiger partial charge in [-0.2, -0.15) is 5.10 Å². The summed E-state index contributed by atoms with van der Waals surface area (Å²) in [6, 6.07) is 7.30. The fourth-order valence-corrected chi connectivity index (χ4v) is 4.17. The highest BCUT2D eigenvalue weighted by molar-refractivity contribution is 5.36. The lowest BCUT2D eigenvalue weighted by molar-refractivity contribution is 0.171. The van der Waals surface area contributed by atoms with Crippen molar-refractivity contribution in [2.45, 2.75) is 63.8 Å². The molecule has 0 radical (unpaired) electrons. The van der Waals surface area contributed by atoms with Gasteiger partial charge >= 0.3 is 0 Å². The lowest BCUT2D eigenvalue weighted by atomic mass is 9.78. The molecule has 0 unspecified atom stereocenters. The Labute approximate surface area is 149 Å². The molecule has 4 rings (SSSR count). The molecule has 0 bridgehead atoms. The second-order valence-electron chi connectivity index (χ2n) is 7.92. The molecule has 1 aliphatic carbocycles. The number of rotatable bonds is 4. The Morgan fingerprint density at radius 3 is 2.24 bits per heavy atom. The van der Waals surface area contributed by atoms with Gasteiger partial charge < -0.3 is 4.90 Å². The van der Waals surface area contributed by atoms with E-state index in [2.05, 4.69) is 24.9 Å². The highest BCUT2D eigenvalue weighted by atomic mass is 19.1. The van der Waals surface area contributed by atoms with Crippen molar-refractivity contribution in [2.75, 3.05) is 13.1 Å². The van der Waals surface area contributed by atoms with Crippen LogP contribution in [0.3, 0.4) is 0 Å². The van der Waals surface area contributed by atoms with Crippen molar-refractivity contribution in [1.29, 1.82) is 0 Å². The van der Waals surface area contributed by atoms with Crippen LogP contribution in [0.25, 0.3) is 5.69 Å². The SMILES string of the molecule is CC(C)N1CCC(c2cn(-c3ccc(F)cc3)nc2C2CCC2)CC1. The zero-order chi connectivity index (χ0) is 17.4. The highest BCUT2D eigenvalue weighted by Crippen LogP contribution is 2.41. The van der Waals surface area contributed by atoms with Crippen LogP contribution in [-0.4, -0.2) is 33.8 Å². The Morgan fingerprint density at radius 1 is 1.00 bits per heavy atom. The van der Waals surface area contributed by atoms with E-state index in [-0.39, 0.29) is 5.82 Å². The van der Waals surface area contributed by atoms with Gasteiger partial charge in [-0.15, -0.1) is 0 Å². The van der Waals surface area contributed by atoms with Crippen LogP contribution in [-0.2, 0) is 0 Å². The molecule has 3 nitrogen and oxygen atoms in total. The highest BCUT2D eigenvalue weighted by Gasteiger charge is 2.31. The number of nitrogens with zero attached hydrogens (tertiary/aromatic N) is 3. The topological polar surface area (TPSA) is 21.1 Å². The van der Waals surface area contributed by atoms with Crippen LogP contribution in [0, 0.1) is 5.82 Å². The van der Waals surface area contributed by atoms with E-state index in [1.165, 1.54) is 68.6 Å². The van der Waals surface area contributed by atoms with Gasteiger partial charge in [0.1, 0.15) is 5.82 Å². The van der Waals surface area contributed by atoms with E-state index in [0.29, 0.717) is 17.9 Å². The van der Waals surface area contributed by atoms with E-state index >= 15 is 0 Å². The number of halogens is 1. The number of hydrogen-bond donors (Lipinski definition) is 0. The summed E-state index contributed by atoms with van der Waals surface area (Å²) in [7, 11) is 0. The van der Waals surface area contributed by atoms with Crippen LogP contribution in [0.5, 0.6) is 0 Å². The maximum absolute atomic E-state index is 13.2. The maximum atomic E-state index is 13.2. The first-order valence-electron chi connectivity index (χ1n) is 9.71. The second-order valence-corrected chi connectivity index (χ2v) is 7.92. The molecule has 1 saturated heterocycles. The smallest absolute Gasteiger partial charge is 0.123 e. The van der Waals surface area contributed by atoms with Crippen LogP contribution in [0.15, 0.2) is 30.5 Å². The largest absolute Gasteiger partial charge is 0.301 e. The molecule has 2 aromatic rings. The lowest BCUT2D eigenvalue weighted by Gasteiger charge is -2.35. The van der Waals surface area contributed by atoms with Crippen molar-refractivity contribution >= 4 is 0 Å². The molecule has 1 aliphatic heterocycles. The minimum atomic E-state index is -0.198. The van der Waals surface area contributed by atoms with Crippen LogP contribution in [0.1, 0.15) is 69.0 Å². The zero-order valence-electron chi connectivity index (χ0n) is 15.3. The molecular formula is C21H28FN3. The quantitative estimate of drug-likeness (QED) is 0.791. The van der Waals surface area contributed by atoms with Crippen LogP contribution < -0.4 is 0 Å². The first kappa shape index (κ1) is 16.8. The Balaban J connectivity index is 1.61. The number of likely N-dealkylation sites (tertiary alicyclic amines) is 1. The van der Waals surface area contributed by atoms with Gasteiger partial charge in [0, 0.05) is 18.2 Å². The predicted octanol–water partition coefficient (Wildman–Crippen LogP) is 4.87. The molecule has 25 heavy (non-hydrogen) atoms. The number of benzene rings is 1. The van der Waals surface area contributed by atoms with Gasteiger partial charge in [0.05, 0.1) is 11.4 Å². The van der Waals surface area contributed by atoms with Crippen molar-refractivity contribution in [3.05, 3.63) is 47.5 Å². The molecule has 4 heteroatoms. The van der Waals surface area contributed by atoms with Gasteiger partial charge in [-0.05, 0) is 88.4 Å². The molecule has 2 fully saturated rings. The minimum absolute atomic E-state index is 0.198. The average Bonchev–Trinajstić information content (AvgIpc) is 2.98. The fourth-order valence-electron chi connectivity index (χ4n) is 4.17. The third kappa shape index (κ3) is 3.37. The summed E-state index contributed by atoms with van der Waals surface area (Å²) in [6.45, 7) is 6.92. The van der Waals surface area contributed by atoms with E-state index in [1.54, 1.807) is 0 Å². The molecule has 0 amide bonds. The van der Waals surface area contributed by atoms with Crippen molar-refractivity contribution in [2.24, 2.45) is 0 Å². The third-order valence-corrected chi connectivity index (χ3v) is 6.06. The molecule has 134 valence electrons.